The summed E-state index contributed by atoms with van der Waals surface area (Å²) < 4.78 is 76.5. The Balaban J connectivity index is 2.30. The second-order valence-electron chi connectivity index (χ2n) is 5.65. The van der Waals surface area contributed by atoms with Crippen molar-refractivity contribution in [3.63, 3.8) is 0 Å². The molecule has 28 heavy (non-hydrogen) atoms. The van der Waals surface area contributed by atoms with Crippen molar-refractivity contribution < 1.29 is 26.3 Å². The Labute approximate surface area is 166 Å². The molecule has 0 saturated heterocycles. The maximum absolute atomic E-state index is 12.9. The van der Waals surface area contributed by atoms with E-state index in [1.165, 1.54) is 43.3 Å². The van der Waals surface area contributed by atoms with Gasteiger partial charge in [-0.05, 0) is 48.2 Å². The van der Waals surface area contributed by atoms with Gasteiger partial charge in [-0.25, -0.2) is 0 Å². The summed E-state index contributed by atoms with van der Waals surface area (Å²) in [5, 5.41) is 8.33. The molecule has 0 unspecified atom stereocenters. The first-order valence-electron chi connectivity index (χ1n) is 7.58. The molecule has 0 aliphatic carbocycles. The zero-order chi connectivity index (χ0) is 21.3. The van der Waals surface area contributed by atoms with Gasteiger partial charge in [0, 0.05) is 24.7 Å². The molecule has 0 fully saturated rings. The molecule has 0 heterocycles. The second kappa shape index (κ2) is 8.12. The Kier molecular flexibility index (Phi) is 6.44. The van der Waals surface area contributed by atoms with Crippen molar-refractivity contribution in [1.82, 2.24) is 0 Å². The highest BCUT2D eigenvalue weighted by Gasteiger charge is 2.31. The summed E-state index contributed by atoms with van der Waals surface area (Å²) in [4.78, 5) is 2.21. The number of hydrogen-bond acceptors (Lipinski definition) is 2. The molecule has 0 spiro atoms. The van der Waals surface area contributed by atoms with E-state index in [1.807, 2.05) is 0 Å². The lowest BCUT2D eigenvalue weighted by Crippen LogP contribution is -2.39. The number of nitrogens with one attached hydrogen (secondary N) is 1. The molecule has 0 aromatic heterocycles. The lowest BCUT2D eigenvalue weighted by molar-refractivity contribution is -0.137. The molecule has 2 rings (SSSR count). The first-order chi connectivity index (χ1) is 12.8. The summed E-state index contributed by atoms with van der Waals surface area (Å²) in [6.07, 6.45) is -4.54. The monoisotopic (exact) mass is 441 g/mol. The van der Waals surface area contributed by atoms with Crippen molar-refractivity contribution in [2.45, 2.75) is 16.6 Å². The Morgan fingerprint density at radius 2 is 1.61 bits per heavy atom. The lowest BCUT2D eigenvalue weighted by Gasteiger charge is -2.29. The van der Waals surface area contributed by atoms with E-state index in [9.17, 15) is 26.3 Å². The number of benzene rings is 2. The summed E-state index contributed by atoms with van der Waals surface area (Å²) in [6.45, 7) is 0. The minimum atomic E-state index is -4.54. The van der Waals surface area contributed by atoms with Gasteiger partial charge in [-0.1, -0.05) is 17.7 Å². The largest absolute Gasteiger partial charge is 0.446 e. The van der Waals surface area contributed by atoms with Gasteiger partial charge in [0.2, 0.25) is 5.96 Å². The maximum Gasteiger partial charge on any atom is 0.446 e. The Morgan fingerprint density at radius 3 is 2.18 bits per heavy atom. The number of halogens is 7. The van der Waals surface area contributed by atoms with Crippen molar-refractivity contribution in [2.75, 3.05) is 23.9 Å². The quantitative estimate of drug-likeness (QED) is 0.256. The molecule has 11 heteroatoms. The van der Waals surface area contributed by atoms with E-state index in [0.717, 1.165) is 23.1 Å². The molecule has 152 valence electrons. The fourth-order valence-electron chi connectivity index (χ4n) is 2.30. The third-order valence-corrected chi connectivity index (χ3v) is 4.75. The van der Waals surface area contributed by atoms with Crippen LogP contribution in [0.4, 0.5) is 37.7 Å². The molecule has 0 aliphatic heterocycles. The van der Waals surface area contributed by atoms with Crippen LogP contribution in [-0.2, 0) is 6.18 Å². The number of guanidine groups is 1. The van der Waals surface area contributed by atoms with Crippen molar-refractivity contribution in [2.24, 2.45) is 0 Å². The van der Waals surface area contributed by atoms with E-state index in [2.05, 4.69) is 0 Å². The predicted octanol–water partition coefficient (Wildman–Crippen LogP) is 6.48. The molecule has 3 nitrogen and oxygen atoms in total. The third kappa shape index (κ3) is 5.48. The minimum absolute atomic E-state index is 0.0867. The highest BCUT2D eigenvalue weighted by Crippen LogP contribution is 2.40. The van der Waals surface area contributed by atoms with E-state index < -0.39 is 17.2 Å². The van der Waals surface area contributed by atoms with Crippen LogP contribution in [0.25, 0.3) is 0 Å². The smallest absolute Gasteiger partial charge is 0.316 e. The van der Waals surface area contributed by atoms with Crippen LogP contribution in [0, 0.1) is 5.41 Å². The van der Waals surface area contributed by atoms with E-state index in [-0.39, 0.29) is 39.0 Å². The van der Waals surface area contributed by atoms with Crippen LogP contribution in [-0.4, -0.2) is 25.6 Å². The Bertz CT molecular complexity index is 869. The zero-order valence-corrected chi connectivity index (χ0v) is 16.1. The van der Waals surface area contributed by atoms with Crippen LogP contribution in [0.2, 0.25) is 5.02 Å². The SMILES string of the molecule is CN(C(=N)N(C)c1cc(SC(F)(F)F)ccc1Cl)c1cccc(C(F)(F)F)c1. The Hall–Kier alpha value is -2.07. The molecule has 0 atom stereocenters. The van der Waals surface area contributed by atoms with E-state index in [4.69, 9.17) is 17.0 Å². The highest BCUT2D eigenvalue weighted by molar-refractivity contribution is 8.00. The van der Waals surface area contributed by atoms with E-state index >= 15 is 0 Å². The van der Waals surface area contributed by atoms with Crippen LogP contribution in [0.5, 0.6) is 0 Å². The van der Waals surface area contributed by atoms with Gasteiger partial charge in [-0.15, -0.1) is 0 Å². The predicted molar refractivity (Wildman–Crippen MR) is 99.3 cm³/mol. The summed E-state index contributed by atoms with van der Waals surface area (Å²) in [7, 11) is 2.76. The molecule has 1 N–H and O–H groups in total. The van der Waals surface area contributed by atoms with Crippen LogP contribution >= 0.6 is 23.4 Å². The molecular formula is C17H14ClF6N3S. The van der Waals surface area contributed by atoms with E-state index in [1.54, 1.807) is 0 Å². The number of rotatable bonds is 3. The number of alkyl halides is 6. The molecular weight excluding hydrogens is 428 g/mol. The van der Waals surface area contributed by atoms with Gasteiger partial charge in [0.25, 0.3) is 0 Å². The normalized spacial score (nSPS) is 12.0. The maximum atomic E-state index is 12.9. The Morgan fingerprint density at radius 1 is 0.964 bits per heavy atom. The van der Waals surface area contributed by atoms with Gasteiger partial charge >= 0.3 is 11.7 Å². The average molecular weight is 442 g/mol. The van der Waals surface area contributed by atoms with Gasteiger partial charge < -0.3 is 9.80 Å². The summed E-state index contributed by atoms with van der Waals surface area (Å²) in [6, 6.07) is 7.98. The van der Waals surface area contributed by atoms with Gasteiger partial charge in [0.1, 0.15) is 0 Å². The average Bonchev–Trinajstić information content (AvgIpc) is 2.59. The minimum Gasteiger partial charge on any atom is -0.316 e. The van der Waals surface area contributed by atoms with Gasteiger partial charge in [-0.3, -0.25) is 5.41 Å². The number of nitrogens with zero attached hydrogens (tertiary/aromatic N) is 2. The lowest BCUT2D eigenvalue weighted by atomic mass is 10.2. The highest BCUT2D eigenvalue weighted by atomic mass is 35.5. The van der Waals surface area contributed by atoms with Crippen molar-refractivity contribution >= 4 is 40.7 Å². The molecule has 2 aromatic carbocycles. The molecule has 0 radical (unpaired) electrons. The van der Waals surface area contributed by atoms with Crippen molar-refractivity contribution in [1.29, 1.82) is 5.41 Å². The number of thioether (sulfide) groups is 1. The van der Waals surface area contributed by atoms with Crippen molar-refractivity contribution in [3.05, 3.63) is 53.1 Å². The molecule has 0 bridgehead atoms. The molecule has 0 amide bonds. The van der Waals surface area contributed by atoms with Crippen molar-refractivity contribution in [3.8, 4) is 0 Å². The summed E-state index contributed by atoms with van der Waals surface area (Å²) >= 11 is 5.71. The first kappa shape index (κ1) is 22.2. The molecule has 0 saturated carbocycles. The zero-order valence-electron chi connectivity index (χ0n) is 14.5. The van der Waals surface area contributed by atoms with E-state index in [0.29, 0.717) is 0 Å². The van der Waals surface area contributed by atoms with Crippen LogP contribution in [0.15, 0.2) is 47.4 Å². The topological polar surface area (TPSA) is 30.3 Å². The standard InChI is InChI=1S/C17H14ClF6N3S/c1-26(11-5-3-4-10(8-11)16(19,20)21)15(25)27(2)14-9-12(6-7-13(14)18)28-17(22,23)24/h3-9,25H,1-2H3. The number of anilines is 2. The summed E-state index contributed by atoms with van der Waals surface area (Å²) in [5.74, 6) is -0.282. The van der Waals surface area contributed by atoms with Gasteiger partial charge in [-0.2, -0.15) is 26.3 Å². The fourth-order valence-corrected chi connectivity index (χ4v) is 3.12. The van der Waals surface area contributed by atoms with Crippen LogP contribution in [0.3, 0.4) is 0 Å². The molecule has 2 aromatic rings. The van der Waals surface area contributed by atoms with Gasteiger partial charge in [0.15, 0.2) is 0 Å². The fraction of sp³-hybridized carbons (Fsp3) is 0.235. The second-order valence-corrected chi connectivity index (χ2v) is 7.20. The van der Waals surface area contributed by atoms with Crippen LogP contribution < -0.4 is 9.80 Å². The van der Waals surface area contributed by atoms with Crippen LogP contribution in [0.1, 0.15) is 5.56 Å². The first-order valence-corrected chi connectivity index (χ1v) is 8.77. The number of hydrogen-bond donors (Lipinski definition) is 1. The summed E-state index contributed by atoms with van der Waals surface area (Å²) in [5.41, 5.74) is -5.18. The molecule has 0 aliphatic rings. The van der Waals surface area contributed by atoms with Gasteiger partial charge in [0.05, 0.1) is 16.3 Å². The third-order valence-electron chi connectivity index (χ3n) is 3.71.